The van der Waals surface area contributed by atoms with Crippen molar-refractivity contribution in [1.29, 1.82) is 0 Å². The molecule has 6 nitrogen and oxygen atoms in total. The molecule has 1 heterocycles. The van der Waals surface area contributed by atoms with Crippen molar-refractivity contribution in [3.63, 3.8) is 0 Å². The smallest absolute Gasteiger partial charge is 0.306 e. The molecule has 0 aromatic rings. The predicted molar refractivity (Wildman–Crippen MR) is 68.4 cm³/mol. The van der Waals surface area contributed by atoms with E-state index in [0.29, 0.717) is 19.0 Å². The zero-order valence-electron chi connectivity index (χ0n) is 11.0. The third-order valence-electron chi connectivity index (χ3n) is 3.24. The second-order valence-corrected chi connectivity index (χ2v) is 6.75. The minimum atomic E-state index is -3.40. The molecule has 1 aliphatic heterocycles. The molecule has 7 heteroatoms. The Balaban J connectivity index is 2.51. The molecule has 106 valence electrons. The number of sulfonamides is 1. The van der Waals surface area contributed by atoms with Crippen molar-refractivity contribution in [2.45, 2.75) is 32.7 Å². The van der Waals surface area contributed by atoms with Gasteiger partial charge in [0.1, 0.15) is 0 Å². The van der Waals surface area contributed by atoms with Crippen LogP contribution in [0.25, 0.3) is 0 Å². The lowest BCUT2D eigenvalue weighted by molar-refractivity contribution is -0.142. The zero-order valence-corrected chi connectivity index (χ0v) is 11.8. The minimum absolute atomic E-state index is 0.0997. The number of esters is 1. The van der Waals surface area contributed by atoms with Crippen LogP contribution in [0.15, 0.2) is 0 Å². The quantitative estimate of drug-likeness (QED) is 0.711. The second-order valence-electron chi connectivity index (χ2n) is 4.66. The lowest BCUT2D eigenvalue weighted by atomic mass is 9.96. The van der Waals surface area contributed by atoms with E-state index in [4.69, 9.17) is 10.5 Å². The van der Waals surface area contributed by atoms with Crippen LogP contribution < -0.4 is 5.73 Å². The van der Waals surface area contributed by atoms with Gasteiger partial charge in [0.25, 0.3) is 0 Å². The highest BCUT2D eigenvalue weighted by atomic mass is 32.2. The molecule has 1 fully saturated rings. The van der Waals surface area contributed by atoms with Crippen LogP contribution in [0.1, 0.15) is 26.7 Å². The number of nitrogens with two attached hydrogens (primary N) is 1. The summed E-state index contributed by atoms with van der Waals surface area (Å²) in [6.07, 6.45) is 0.664. The summed E-state index contributed by atoms with van der Waals surface area (Å²) >= 11 is 0. The molecule has 2 unspecified atom stereocenters. The summed E-state index contributed by atoms with van der Waals surface area (Å²) in [6.45, 7) is 4.81. The fourth-order valence-electron chi connectivity index (χ4n) is 1.90. The maximum Gasteiger partial charge on any atom is 0.306 e. The SMILES string of the molecule is CCOC(=O)CCS(=O)(=O)N1CCC(C)C(N)C1. The van der Waals surface area contributed by atoms with Gasteiger partial charge in [0, 0.05) is 19.1 Å². The van der Waals surface area contributed by atoms with Gasteiger partial charge in [0.2, 0.25) is 10.0 Å². The van der Waals surface area contributed by atoms with E-state index < -0.39 is 16.0 Å². The van der Waals surface area contributed by atoms with E-state index in [9.17, 15) is 13.2 Å². The van der Waals surface area contributed by atoms with Gasteiger partial charge in [-0.1, -0.05) is 6.92 Å². The third kappa shape index (κ3) is 4.22. The third-order valence-corrected chi connectivity index (χ3v) is 5.08. The van der Waals surface area contributed by atoms with Crippen molar-refractivity contribution in [2.75, 3.05) is 25.4 Å². The first kappa shape index (κ1) is 15.4. The van der Waals surface area contributed by atoms with Gasteiger partial charge in [0.05, 0.1) is 18.8 Å². The molecular formula is C11H22N2O4S. The number of rotatable bonds is 5. The Morgan fingerprint density at radius 2 is 2.17 bits per heavy atom. The van der Waals surface area contributed by atoms with Gasteiger partial charge >= 0.3 is 5.97 Å². The summed E-state index contributed by atoms with van der Waals surface area (Å²) in [5.74, 6) is -0.343. The molecule has 0 saturated carbocycles. The van der Waals surface area contributed by atoms with Crippen molar-refractivity contribution in [3.05, 3.63) is 0 Å². The topological polar surface area (TPSA) is 89.7 Å². The first-order valence-electron chi connectivity index (χ1n) is 6.26. The van der Waals surface area contributed by atoms with Crippen LogP contribution in [0.3, 0.4) is 0 Å². The lowest BCUT2D eigenvalue weighted by Gasteiger charge is -2.34. The van der Waals surface area contributed by atoms with E-state index in [0.717, 1.165) is 6.42 Å². The van der Waals surface area contributed by atoms with Gasteiger partial charge in [-0.05, 0) is 19.3 Å². The molecule has 2 atom stereocenters. The summed E-state index contributed by atoms with van der Waals surface area (Å²) in [5, 5.41) is 0. The average Bonchev–Trinajstić information content (AvgIpc) is 2.30. The fourth-order valence-corrected chi connectivity index (χ4v) is 3.36. The van der Waals surface area contributed by atoms with E-state index >= 15 is 0 Å². The molecule has 1 aliphatic rings. The molecule has 0 aromatic heterocycles. The Kier molecular flexibility index (Phi) is 5.55. The first-order chi connectivity index (χ1) is 8.36. The Labute approximate surface area is 109 Å². The molecular weight excluding hydrogens is 256 g/mol. The second kappa shape index (κ2) is 6.49. The Bertz CT molecular complexity index is 383. The number of ether oxygens (including phenoxy) is 1. The standard InChI is InChI=1S/C11H22N2O4S/c1-3-17-11(14)5-7-18(15,16)13-6-4-9(2)10(12)8-13/h9-10H,3-8,12H2,1-2H3. The molecule has 1 saturated heterocycles. The van der Waals surface area contributed by atoms with E-state index in [-0.39, 0.29) is 24.8 Å². The largest absolute Gasteiger partial charge is 0.466 e. The number of piperidine rings is 1. The lowest BCUT2D eigenvalue weighted by Crippen LogP contribution is -2.50. The molecule has 2 N–H and O–H groups in total. The van der Waals surface area contributed by atoms with Crippen LogP contribution in [0, 0.1) is 5.92 Å². The number of nitrogens with zero attached hydrogens (tertiary/aromatic N) is 1. The van der Waals surface area contributed by atoms with Gasteiger partial charge in [-0.15, -0.1) is 0 Å². The molecule has 18 heavy (non-hydrogen) atoms. The van der Waals surface area contributed by atoms with Crippen LogP contribution in [0.2, 0.25) is 0 Å². The van der Waals surface area contributed by atoms with Crippen LogP contribution in [-0.4, -0.2) is 50.2 Å². The predicted octanol–water partition coefficient (Wildman–Crippen LogP) is -0.0615. The molecule has 0 spiro atoms. The molecule has 0 radical (unpaired) electrons. The molecule has 0 aromatic carbocycles. The number of hydrogen-bond donors (Lipinski definition) is 1. The van der Waals surface area contributed by atoms with Crippen molar-refractivity contribution in [1.82, 2.24) is 4.31 Å². The number of carbonyl (C=O) groups is 1. The van der Waals surface area contributed by atoms with Gasteiger partial charge in [-0.25, -0.2) is 12.7 Å². The molecule has 1 rings (SSSR count). The maximum absolute atomic E-state index is 12.0. The molecule has 0 aliphatic carbocycles. The van der Waals surface area contributed by atoms with Crippen molar-refractivity contribution in [3.8, 4) is 0 Å². The van der Waals surface area contributed by atoms with Crippen LogP contribution in [0.5, 0.6) is 0 Å². The van der Waals surface area contributed by atoms with Crippen molar-refractivity contribution in [2.24, 2.45) is 11.7 Å². The molecule has 0 amide bonds. The summed E-state index contributed by atoms with van der Waals surface area (Å²) in [5.41, 5.74) is 5.87. The Morgan fingerprint density at radius 1 is 1.50 bits per heavy atom. The van der Waals surface area contributed by atoms with Gasteiger partial charge in [-0.2, -0.15) is 0 Å². The normalized spacial score (nSPS) is 25.9. The average molecular weight is 278 g/mol. The van der Waals surface area contributed by atoms with E-state index in [2.05, 4.69) is 0 Å². The first-order valence-corrected chi connectivity index (χ1v) is 7.86. The Hall–Kier alpha value is -0.660. The summed E-state index contributed by atoms with van der Waals surface area (Å²) in [4.78, 5) is 11.2. The highest BCUT2D eigenvalue weighted by Gasteiger charge is 2.31. The van der Waals surface area contributed by atoms with E-state index in [1.54, 1.807) is 6.92 Å². The Morgan fingerprint density at radius 3 is 2.72 bits per heavy atom. The number of hydrogen-bond acceptors (Lipinski definition) is 5. The van der Waals surface area contributed by atoms with Gasteiger partial charge in [0.15, 0.2) is 0 Å². The van der Waals surface area contributed by atoms with E-state index in [1.165, 1.54) is 4.31 Å². The van der Waals surface area contributed by atoms with Crippen LogP contribution >= 0.6 is 0 Å². The van der Waals surface area contributed by atoms with Crippen LogP contribution in [-0.2, 0) is 19.6 Å². The number of carbonyl (C=O) groups excluding carboxylic acids is 1. The zero-order chi connectivity index (χ0) is 13.8. The van der Waals surface area contributed by atoms with Gasteiger partial charge < -0.3 is 10.5 Å². The fraction of sp³-hybridized carbons (Fsp3) is 0.909. The van der Waals surface area contributed by atoms with E-state index in [1.807, 2.05) is 6.92 Å². The van der Waals surface area contributed by atoms with Gasteiger partial charge in [-0.3, -0.25) is 4.79 Å². The van der Waals surface area contributed by atoms with Crippen molar-refractivity contribution >= 4 is 16.0 Å². The van der Waals surface area contributed by atoms with Crippen LogP contribution in [0.4, 0.5) is 0 Å². The highest BCUT2D eigenvalue weighted by molar-refractivity contribution is 7.89. The monoisotopic (exact) mass is 278 g/mol. The minimum Gasteiger partial charge on any atom is -0.466 e. The maximum atomic E-state index is 12.0. The highest BCUT2D eigenvalue weighted by Crippen LogP contribution is 2.18. The summed E-state index contributed by atoms with van der Waals surface area (Å²) in [7, 11) is -3.40. The summed E-state index contributed by atoms with van der Waals surface area (Å²) < 4.78 is 30.1. The summed E-state index contributed by atoms with van der Waals surface area (Å²) in [6, 6.07) is -0.129. The molecule has 0 bridgehead atoms. The van der Waals surface area contributed by atoms with Crippen molar-refractivity contribution < 1.29 is 17.9 Å².